The van der Waals surface area contributed by atoms with E-state index < -0.39 is 0 Å². The molecule has 1 fully saturated rings. The molecule has 0 radical (unpaired) electrons. The molecule has 3 rings (SSSR count). The average molecular weight is 315 g/mol. The molecule has 2 aromatic rings. The average Bonchev–Trinajstić information content (AvgIpc) is 2.56. The molecule has 1 amide bonds. The van der Waals surface area contributed by atoms with Gasteiger partial charge in [0.15, 0.2) is 0 Å². The van der Waals surface area contributed by atoms with Crippen LogP contribution in [0.15, 0.2) is 42.6 Å². The number of benzene rings is 1. The van der Waals surface area contributed by atoms with Crippen molar-refractivity contribution < 1.29 is 4.79 Å². The first-order valence-electron chi connectivity index (χ1n) is 7.61. The Bertz CT molecular complexity index is 652. The highest BCUT2D eigenvalue weighted by Crippen LogP contribution is 2.27. The number of amides is 1. The van der Waals surface area contributed by atoms with Crippen molar-refractivity contribution in [2.24, 2.45) is 0 Å². The molecule has 1 aliphatic rings. The number of carbonyl (C=O) groups excluding carboxylic acids is 1. The third-order valence-corrected chi connectivity index (χ3v) is 4.50. The summed E-state index contributed by atoms with van der Waals surface area (Å²) in [4.78, 5) is 18.1. The van der Waals surface area contributed by atoms with Crippen LogP contribution in [0.4, 0.5) is 0 Å². The van der Waals surface area contributed by atoms with Gasteiger partial charge < -0.3 is 4.90 Å². The maximum atomic E-state index is 11.5. The van der Waals surface area contributed by atoms with Crippen molar-refractivity contribution in [1.29, 1.82) is 0 Å². The number of carbonyl (C=O) groups is 1. The first-order valence-corrected chi connectivity index (χ1v) is 7.98. The highest BCUT2D eigenvalue weighted by molar-refractivity contribution is 6.30. The fourth-order valence-corrected chi connectivity index (χ4v) is 3.09. The number of nitrogens with zero attached hydrogens (tertiary/aromatic N) is 2. The molecule has 2 heterocycles. The van der Waals surface area contributed by atoms with E-state index in [4.69, 9.17) is 11.6 Å². The summed E-state index contributed by atoms with van der Waals surface area (Å²) in [6.45, 7) is 3.29. The predicted octanol–water partition coefficient (Wildman–Crippen LogP) is 4.13. The van der Waals surface area contributed by atoms with Gasteiger partial charge in [-0.3, -0.25) is 9.78 Å². The van der Waals surface area contributed by atoms with Crippen molar-refractivity contribution in [3.63, 3.8) is 0 Å². The summed E-state index contributed by atoms with van der Waals surface area (Å²) in [5.41, 5.74) is 3.26. The maximum Gasteiger partial charge on any atom is 0.219 e. The van der Waals surface area contributed by atoms with E-state index in [0.717, 1.165) is 47.8 Å². The number of piperidine rings is 1. The second kappa shape index (κ2) is 6.49. The van der Waals surface area contributed by atoms with Gasteiger partial charge >= 0.3 is 0 Å². The maximum absolute atomic E-state index is 11.5. The third-order valence-electron chi connectivity index (χ3n) is 4.25. The SMILES string of the molecule is CC(=O)N1CCC[C@@H](c2ccc(-c3ccc(Cl)cc3)cn2)C1. The molecular formula is C18H19ClN2O. The second-order valence-electron chi connectivity index (χ2n) is 5.78. The molecule has 0 bridgehead atoms. The summed E-state index contributed by atoms with van der Waals surface area (Å²) < 4.78 is 0. The molecular weight excluding hydrogens is 296 g/mol. The minimum absolute atomic E-state index is 0.155. The number of halogens is 1. The van der Waals surface area contributed by atoms with Crippen molar-refractivity contribution in [1.82, 2.24) is 9.88 Å². The zero-order valence-electron chi connectivity index (χ0n) is 12.6. The summed E-state index contributed by atoms with van der Waals surface area (Å²) in [6, 6.07) is 11.9. The van der Waals surface area contributed by atoms with Gasteiger partial charge in [-0.1, -0.05) is 29.8 Å². The monoisotopic (exact) mass is 314 g/mol. The van der Waals surface area contributed by atoms with E-state index in [1.807, 2.05) is 35.4 Å². The Morgan fingerprint density at radius 1 is 1.18 bits per heavy atom. The van der Waals surface area contributed by atoms with Gasteiger partial charge in [0.1, 0.15) is 0 Å². The molecule has 1 aromatic heterocycles. The summed E-state index contributed by atoms with van der Waals surface area (Å²) in [5, 5.41) is 0.736. The van der Waals surface area contributed by atoms with Gasteiger partial charge in [0, 0.05) is 48.4 Å². The van der Waals surface area contributed by atoms with Crippen LogP contribution in [-0.2, 0) is 4.79 Å². The van der Waals surface area contributed by atoms with E-state index >= 15 is 0 Å². The Morgan fingerprint density at radius 2 is 1.91 bits per heavy atom. The van der Waals surface area contributed by atoms with Crippen LogP contribution >= 0.6 is 11.6 Å². The van der Waals surface area contributed by atoms with Crippen LogP contribution in [0, 0.1) is 0 Å². The first-order chi connectivity index (χ1) is 10.6. The van der Waals surface area contributed by atoms with Crippen molar-refractivity contribution in [2.45, 2.75) is 25.7 Å². The van der Waals surface area contributed by atoms with Crippen molar-refractivity contribution in [3.05, 3.63) is 53.3 Å². The largest absolute Gasteiger partial charge is 0.342 e. The quantitative estimate of drug-likeness (QED) is 0.835. The number of likely N-dealkylation sites (tertiary alicyclic amines) is 1. The normalized spacial score (nSPS) is 18.3. The van der Waals surface area contributed by atoms with Gasteiger partial charge in [-0.25, -0.2) is 0 Å². The highest BCUT2D eigenvalue weighted by Gasteiger charge is 2.23. The van der Waals surface area contributed by atoms with E-state index in [1.54, 1.807) is 6.92 Å². The highest BCUT2D eigenvalue weighted by atomic mass is 35.5. The van der Waals surface area contributed by atoms with E-state index in [1.165, 1.54) is 0 Å². The van der Waals surface area contributed by atoms with Crippen LogP contribution in [0.3, 0.4) is 0 Å². The smallest absolute Gasteiger partial charge is 0.219 e. The Morgan fingerprint density at radius 3 is 2.55 bits per heavy atom. The molecule has 3 nitrogen and oxygen atoms in total. The number of hydrogen-bond acceptors (Lipinski definition) is 2. The van der Waals surface area contributed by atoms with Gasteiger partial charge in [-0.05, 0) is 36.6 Å². The number of pyridine rings is 1. The van der Waals surface area contributed by atoms with Gasteiger partial charge in [0.25, 0.3) is 0 Å². The molecule has 4 heteroatoms. The zero-order chi connectivity index (χ0) is 15.5. The number of aromatic nitrogens is 1. The molecule has 1 atom stereocenters. The Hall–Kier alpha value is -1.87. The first kappa shape index (κ1) is 15.0. The van der Waals surface area contributed by atoms with Gasteiger partial charge in [-0.2, -0.15) is 0 Å². The minimum atomic E-state index is 0.155. The Kier molecular flexibility index (Phi) is 4.44. The van der Waals surface area contributed by atoms with Crippen LogP contribution in [0.25, 0.3) is 11.1 Å². The topological polar surface area (TPSA) is 33.2 Å². The van der Waals surface area contributed by atoms with Crippen LogP contribution in [0.1, 0.15) is 31.4 Å². The van der Waals surface area contributed by atoms with Crippen LogP contribution in [-0.4, -0.2) is 28.9 Å². The summed E-state index contributed by atoms with van der Waals surface area (Å²) in [6.07, 6.45) is 4.05. The number of rotatable bonds is 2. The summed E-state index contributed by atoms with van der Waals surface area (Å²) in [5.74, 6) is 0.499. The van der Waals surface area contributed by atoms with Gasteiger partial charge in [0.05, 0.1) is 0 Å². The fraction of sp³-hybridized carbons (Fsp3) is 0.333. The zero-order valence-corrected chi connectivity index (χ0v) is 13.4. The molecule has 1 aromatic carbocycles. The molecule has 1 saturated heterocycles. The third kappa shape index (κ3) is 3.30. The van der Waals surface area contributed by atoms with Crippen LogP contribution in [0.5, 0.6) is 0 Å². The van der Waals surface area contributed by atoms with Crippen molar-refractivity contribution >= 4 is 17.5 Å². The molecule has 0 spiro atoms. The van der Waals surface area contributed by atoms with Crippen molar-refractivity contribution in [3.8, 4) is 11.1 Å². The lowest BCUT2D eigenvalue weighted by molar-refractivity contribution is -0.130. The van der Waals surface area contributed by atoms with E-state index in [9.17, 15) is 4.79 Å². The number of hydrogen-bond donors (Lipinski definition) is 0. The molecule has 114 valence electrons. The molecule has 22 heavy (non-hydrogen) atoms. The lowest BCUT2D eigenvalue weighted by Crippen LogP contribution is -2.37. The van der Waals surface area contributed by atoms with Crippen LogP contribution in [0.2, 0.25) is 5.02 Å². The second-order valence-corrected chi connectivity index (χ2v) is 6.22. The molecule has 0 N–H and O–H groups in total. The van der Waals surface area contributed by atoms with E-state index in [-0.39, 0.29) is 5.91 Å². The molecule has 0 unspecified atom stereocenters. The summed E-state index contributed by atoms with van der Waals surface area (Å²) in [7, 11) is 0. The molecule has 0 aliphatic carbocycles. The van der Waals surface area contributed by atoms with E-state index in [0.29, 0.717) is 5.92 Å². The lowest BCUT2D eigenvalue weighted by Gasteiger charge is -2.31. The fourth-order valence-electron chi connectivity index (χ4n) is 2.96. The van der Waals surface area contributed by atoms with Gasteiger partial charge in [-0.15, -0.1) is 0 Å². The summed E-state index contributed by atoms with van der Waals surface area (Å²) >= 11 is 5.92. The Balaban J connectivity index is 1.76. The lowest BCUT2D eigenvalue weighted by atomic mass is 9.93. The van der Waals surface area contributed by atoms with Gasteiger partial charge in [0.2, 0.25) is 5.91 Å². The molecule has 0 saturated carbocycles. The molecule has 1 aliphatic heterocycles. The van der Waals surface area contributed by atoms with Crippen molar-refractivity contribution in [2.75, 3.05) is 13.1 Å². The van der Waals surface area contributed by atoms with Crippen LogP contribution < -0.4 is 0 Å². The van der Waals surface area contributed by atoms with E-state index in [2.05, 4.69) is 17.1 Å². The predicted molar refractivity (Wildman–Crippen MR) is 88.9 cm³/mol. The standard InChI is InChI=1S/C18H19ClN2O/c1-13(22)21-10-2-3-16(12-21)18-9-6-15(11-20-18)14-4-7-17(19)8-5-14/h4-9,11,16H,2-3,10,12H2,1H3/t16-/m1/s1. The Labute approximate surface area is 135 Å². The minimum Gasteiger partial charge on any atom is -0.342 e.